The van der Waals surface area contributed by atoms with Gasteiger partial charge in [0.2, 0.25) is 0 Å². The second-order valence-corrected chi connectivity index (χ2v) is 3.59. The van der Waals surface area contributed by atoms with E-state index in [9.17, 15) is 4.79 Å². The molecule has 3 heteroatoms. The van der Waals surface area contributed by atoms with Crippen molar-refractivity contribution >= 4 is 18.1 Å². The number of aryl methyl sites for hydroxylation is 1. The van der Waals surface area contributed by atoms with E-state index < -0.39 is 0 Å². The lowest BCUT2D eigenvalue weighted by Crippen LogP contribution is -2.33. The Kier molecular flexibility index (Phi) is 4.64. The molecule has 0 aliphatic carbocycles. The zero-order valence-electron chi connectivity index (χ0n) is 10.5. The van der Waals surface area contributed by atoms with Crippen LogP contribution in [0.1, 0.15) is 29.4 Å². The zero-order valence-corrected chi connectivity index (χ0v) is 10.5. The Morgan fingerprint density at radius 2 is 2.29 bits per heavy atom. The molecule has 90 valence electrons. The highest BCUT2D eigenvalue weighted by atomic mass is 16.5. The second-order valence-electron chi connectivity index (χ2n) is 3.59. The van der Waals surface area contributed by atoms with Crippen LogP contribution in [-0.4, -0.2) is 18.1 Å². The van der Waals surface area contributed by atoms with Crippen LogP contribution in [0, 0.1) is 6.92 Å². The van der Waals surface area contributed by atoms with E-state index in [4.69, 9.17) is 4.74 Å². The molecule has 0 radical (unpaired) electrons. The minimum atomic E-state index is -0.353. The normalized spacial score (nSPS) is 12.6. The molecule has 0 fully saturated rings. The van der Waals surface area contributed by atoms with E-state index in [1.54, 1.807) is 19.2 Å². The van der Waals surface area contributed by atoms with E-state index in [-0.39, 0.29) is 5.97 Å². The first-order chi connectivity index (χ1) is 8.15. The van der Waals surface area contributed by atoms with Crippen LogP contribution in [-0.2, 0) is 4.74 Å². The third-order valence-electron chi connectivity index (χ3n) is 2.43. The molecule has 1 aromatic heterocycles. The van der Waals surface area contributed by atoms with Crippen molar-refractivity contribution in [2.24, 2.45) is 0 Å². The van der Waals surface area contributed by atoms with Gasteiger partial charge >= 0.3 is 5.97 Å². The van der Waals surface area contributed by atoms with Crippen molar-refractivity contribution in [2.45, 2.75) is 20.3 Å². The first kappa shape index (κ1) is 13.2. The van der Waals surface area contributed by atoms with Crippen molar-refractivity contribution in [3.05, 3.63) is 40.5 Å². The summed E-state index contributed by atoms with van der Waals surface area (Å²) >= 11 is 0. The van der Waals surface area contributed by atoms with Crippen molar-refractivity contribution in [1.82, 2.24) is 4.98 Å². The van der Waals surface area contributed by atoms with Gasteiger partial charge in [-0.3, -0.25) is 4.98 Å². The third-order valence-corrected chi connectivity index (χ3v) is 2.43. The molecule has 0 N–H and O–H groups in total. The van der Waals surface area contributed by atoms with Crippen LogP contribution in [0.25, 0.3) is 12.2 Å². The Bertz CT molecular complexity index is 544. The van der Waals surface area contributed by atoms with Crippen LogP contribution < -0.4 is 10.4 Å². The fourth-order valence-corrected chi connectivity index (χ4v) is 1.68. The number of pyridine rings is 1. The number of hydrogen-bond acceptors (Lipinski definition) is 3. The molecule has 0 aromatic carbocycles. The predicted octanol–water partition coefficient (Wildman–Crippen LogP) is 1.33. The Hall–Kier alpha value is -1.90. The van der Waals surface area contributed by atoms with Crippen LogP contribution in [0.15, 0.2) is 18.9 Å². The van der Waals surface area contributed by atoms with Gasteiger partial charge < -0.3 is 4.74 Å². The number of nitrogens with zero attached hydrogens (tertiary/aromatic N) is 1. The van der Waals surface area contributed by atoms with Crippen molar-refractivity contribution in [2.75, 3.05) is 7.11 Å². The molecule has 0 atom stereocenters. The Labute approximate surface area is 101 Å². The summed E-state index contributed by atoms with van der Waals surface area (Å²) in [5, 5.41) is 1.75. The molecule has 1 rings (SSSR count). The van der Waals surface area contributed by atoms with E-state index in [0.29, 0.717) is 11.3 Å². The smallest absolute Gasteiger partial charge is 0.340 e. The summed E-state index contributed by atoms with van der Waals surface area (Å²) in [5.74, 6) is -0.353. The van der Waals surface area contributed by atoms with Gasteiger partial charge in [-0.25, -0.2) is 4.79 Å². The predicted molar refractivity (Wildman–Crippen MR) is 69.0 cm³/mol. The third kappa shape index (κ3) is 2.81. The molecule has 1 heterocycles. The van der Waals surface area contributed by atoms with Crippen LogP contribution in [0.4, 0.5) is 0 Å². The highest BCUT2D eigenvalue weighted by molar-refractivity contribution is 5.91. The quantitative estimate of drug-likeness (QED) is 0.737. The van der Waals surface area contributed by atoms with E-state index in [1.165, 1.54) is 7.11 Å². The fraction of sp³-hybridized carbons (Fsp3) is 0.286. The van der Waals surface area contributed by atoms with Crippen molar-refractivity contribution < 1.29 is 9.53 Å². The highest BCUT2D eigenvalue weighted by Gasteiger charge is 2.12. The maximum atomic E-state index is 11.8. The zero-order chi connectivity index (χ0) is 12.8. The van der Waals surface area contributed by atoms with Gasteiger partial charge in [-0.2, -0.15) is 0 Å². The summed E-state index contributed by atoms with van der Waals surface area (Å²) < 4.78 is 4.80. The molecule has 0 spiro atoms. The number of carbonyl (C=O) groups excluding carboxylic acids is 1. The number of allylic oxidation sites excluding steroid dienone is 1. The first-order valence-corrected chi connectivity index (χ1v) is 5.52. The molecular weight excluding hydrogens is 214 g/mol. The molecule has 3 nitrogen and oxygen atoms in total. The van der Waals surface area contributed by atoms with Crippen LogP contribution in [0.5, 0.6) is 0 Å². The maximum absolute atomic E-state index is 11.8. The standard InChI is InChI=1S/C14H17NO2/c1-5-7-11-9-15-10(3)13(14(16)17-4)12(11)8-6-2/h5,7-9H,1,6H2,2-4H3/b11-7-,12-8+. The minimum absolute atomic E-state index is 0.353. The number of rotatable bonds is 3. The van der Waals surface area contributed by atoms with Gasteiger partial charge in [0.15, 0.2) is 0 Å². The minimum Gasteiger partial charge on any atom is -0.465 e. The van der Waals surface area contributed by atoms with Gasteiger partial charge in [0, 0.05) is 11.4 Å². The van der Waals surface area contributed by atoms with Gasteiger partial charge in [-0.1, -0.05) is 31.7 Å². The summed E-state index contributed by atoms with van der Waals surface area (Å²) in [6.45, 7) is 7.49. The average molecular weight is 231 g/mol. The largest absolute Gasteiger partial charge is 0.465 e. The Morgan fingerprint density at radius 1 is 1.59 bits per heavy atom. The summed E-state index contributed by atoms with van der Waals surface area (Å²) in [6, 6.07) is 0. The first-order valence-electron chi connectivity index (χ1n) is 5.52. The fourth-order valence-electron chi connectivity index (χ4n) is 1.68. The molecule has 0 amide bonds. The summed E-state index contributed by atoms with van der Waals surface area (Å²) in [4.78, 5) is 16.0. The lowest BCUT2D eigenvalue weighted by atomic mass is 10.1. The molecule has 0 saturated heterocycles. The average Bonchev–Trinajstić information content (AvgIpc) is 2.32. The van der Waals surface area contributed by atoms with Crippen molar-refractivity contribution in [1.29, 1.82) is 0 Å². The van der Waals surface area contributed by atoms with Crippen LogP contribution in [0.3, 0.4) is 0 Å². The topological polar surface area (TPSA) is 39.2 Å². The molecule has 1 aromatic rings. The lowest BCUT2D eigenvalue weighted by molar-refractivity contribution is 0.0598. The molecule has 0 aliphatic heterocycles. The number of hydrogen-bond donors (Lipinski definition) is 0. The summed E-state index contributed by atoms with van der Waals surface area (Å²) in [5.41, 5.74) is 1.21. The molecule has 0 saturated carbocycles. The number of methoxy groups -OCH3 is 1. The van der Waals surface area contributed by atoms with Gasteiger partial charge in [-0.15, -0.1) is 0 Å². The van der Waals surface area contributed by atoms with Gasteiger partial charge in [0.25, 0.3) is 0 Å². The number of carbonyl (C=O) groups is 1. The molecule has 17 heavy (non-hydrogen) atoms. The lowest BCUT2D eigenvalue weighted by Gasteiger charge is -2.04. The summed E-state index contributed by atoms with van der Waals surface area (Å²) in [7, 11) is 1.38. The van der Waals surface area contributed by atoms with Gasteiger partial charge in [0.1, 0.15) is 0 Å². The highest BCUT2D eigenvalue weighted by Crippen LogP contribution is 1.98. The van der Waals surface area contributed by atoms with Crippen molar-refractivity contribution in [3.63, 3.8) is 0 Å². The Balaban J connectivity index is 3.73. The van der Waals surface area contributed by atoms with Crippen LogP contribution >= 0.6 is 0 Å². The number of ether oxygens (including phenoxy) is 1. The maximum Gasteiger partial charge on any atom is 0.340 e. The molecule has 0 unspecified atom stereocenters. The second kappa shape index (κ2) is 5.99. The van der Waals surface area contributed by atoms with Crippen molar-refractivity contribution in [3.8, 4) is 0 Å². The molecule has 0 bridgehead atoms. The van der Waals surface area contributed by atoms with E-state index in [2.05, 4.69) is 11.6 Å². The Morgan fingerprint density at radius 3 is 2.82 bits per heavy atom. The SMILES string of the molecule is C=C/C=c1/cnc(C)c(C(=O)OC)/c1=C/CC. The van der Waals surface area contributed by atoms with E-state index in [1.807, 2.05) is 19.1 Å². The summed E-state index contributed by atoms with van der Waals surface area (Å²) in [6.07, 6.45) is 8.09. The van der Waals surface area contributed by atoms with E-state index >= 15 is 0 Å². The number of aromatic nitrogens is 1. The van der Waals surface area contributed by atoms with Crippen LogP contribution in [0.2, 0.25) is 0 Å². The number of esters is 1. The van der Waals surface area contributed by atoms with Gasteiger partial charge in [0.05, 0.1) is 18.4 Å². The monoisotopic (exact) mass is 231 g/mol. The molecule has 0 aliphatic rings. The van der Waals surface area contributed by atoms with Gasteiger partial charge in [-0.05, 0) is 18.6 Å². The van der Waals surface area contributed by atoms with E-state index in [0.717, 1.165) is 16.9 Å². The molecular formula is C14H17NO2.